The van der Waals surface area contributed by atoms with Crippen LogP contribution in [0.15, 0.2) is 17.2 Å². The van der Waals surface area contributed by atoms with Crippen LogP contribution in [-0.4, -0.2) is 16.1 Å². The van der Waals surface area contributed by atoms with Crippen molar-refractivity contribution in [2.45, 2.75) is 45.6 Å². The van der Waals surface area contributed by atoms with Gasteiger partial charge >= 0.3 is 0 Å². The number of hydrogen-bond donors (Lipinski definition) is 1. The van der Waals surface area contributed by atoms with Crippen molar-refractivity contribution in [3.8, 4) is 0 Å². The van der Waals surface area contributed by atoms with Crippen LogP contribution >= 0.6 is 0 Å². The first kappa shape index (κ1) is 12.1. The summed E-state index contributed by atoms with van der Waals surface area (Å²) in [7, 11) is 0. The zero-order valence-corrected chi connectivity index (χ0v) is 10.6. The summed E-state index contributed by atoms with van der Waals surface area (Å²) in [4.78, 5) is 16.1. The first-order valence-electron chi connectivity index (χ1n) is 6.49. The minimum absolute atomic E-state index is 0.0274. The standard InChI is InChI=1S/C13H21N3O/c1-10(2)4-3-7-14-12-13(17)16(9-8-15-12)11-5-6-11/h8-11H,3-7H2,1-2H3,(H,14,15). The van der Waals surface area contributed by atoms with E-state index in [0.29, 0.717) is 17.8 Å². The Hall–Kier alpha value is -1.32. The molecule has 0 bridgehead atoms. The molecule has 0 aromatic carbocycles. The van der Waals surface area contributed by atoms with E-state index in [1.165, 1.54) is 6.42 Å². The Kier molecular flexibility index (Phi) is 3.82. The molecular weight excluding hydrogens is 214 g/mol. The van der Waals surface area contributed by atoms with Crippen molar-refractivity contribution in [2.75, 3.05) is 11.9 Å². The van der Waals surface area contributed by atoms with Gasteiger partial charge in [0.05, 0.1) is 0 Å². The lowest BCUT2D eigenvalue weighted by atomic mass is 10.1. The molecule has 0 aliphatic heterocycles. The van der Waals surface area contributed by atoms with Crippen molar-refractivity contribution >= 4 is 5.82 Å². The maximum absolute atomic E-state index is 12.0. The normalized spacial score (nSPS) is 15.2. The van der Waals surface area contributed by atoms with Crippen LogP contribution in [-0.2, 0) is 0 Å². The quantitative estimate of drug-likeness (QED) is 0.770. The Bertz CT molecular complexity index is 421. The summed E-state index contributed by atoms with van der Waals surface area (Å²) in [5, 5.41) is 3.15. The highest BCUT2D eigenvalue weighted by Crippen LogP contribution is 2.33. The Morgan fingerprint density at radius 2 is 2.29 bits per heavy atom. The molecule has 1 aliphatic rings. The van der Waals surface area contributed by atoms with Gasteiger partial charge in [0.2, 0.25) is 0 Å². The fraction of sp³-hybridized carbons (Fsp3) is 0.692. The number of aromatic nitrogens is 2. The number of nitrogens with zero attached hydrogens (tertiary/aromatic N) is 2. The van der Waals surface area contributed by atoms with Crippen LogP contribution in [0.2, 0.25) is 0 Å². The third kappa shape index (κ3) is 3.32. The summed E-state index contributed by atoms with van der Waals surface area (Å²) in [6.45, 7) is 5.25. The van der Waals surface area contributed by atoms with E-state index < -0.39 is 0 Å². The van der Waals surface area contributed by atoms with E-state index >= 15 is 0 Å². The molecule has 1 fully saturated rings. The minimum Gasteiger partial charge on any atom is -0.365 e. The molecule has 1 heterocycles. The number of rotatable bonds is 6. The molecule has 1 saturated carbocycles. The molecule has 2 rings (SSSR count). The molecule has 4 heteroatoms. The molecule has 1 N–H and O–H groups in total. The highest BCUT2D eigenvalue weighted by Gasteiger charge is 2.25. The molecule has 0 amide bonds. The molecule has 0 unspecified atom stereocenters. The van der Waals surface area contributed by atoms with E-state index in [2.05, 4.69) is 24.1 Å². The molecule has 17 heavy (non-hydrogen) atoms. The van der Waals surface area contributed by atoms with E-state index in [0.717, 1.165) is 25.8 Å². The first-order chi connectivity index (χ1) is 8.18. The van der Waals surface area contributed by atoms with E-state index in [-0.39, 0.29) is 5.56 Å². The summed E-state index contributed by atoms with van der Waals surface area (Å²) in [6.07, 6.45) is 8.00. The van der Waals surface area contributed by atoms with Crippen LogP contribution in [0, 0.1) is 5.92 Å². The smallest absolute Gasteiger partial charge is 0.293 e. The van der Waals surface area contributed by atoms with Crippen LogP contribution in [0.5, 0.6) is 0 Å². The van der Waals surface area contributed by atoms with Crippen LogP contribution in [0.25, 0.3) is 0 Å². The van der Waals surface area contributed by atoms with Crippen molar-refractivity contribution in [3.05, 3.63) is 22.7 Å². The van der Waals surface area contributed by atoms with Crippen molar-refractivity contribution in [1.82, 2.24) is 9.55 Å². The van der Waals surface area contributed by atoms with Crippen LogP contribution in [0.3, 0.4) is 0 Å². The maximum Gasteiger partial charge on any atom is 0.293 e. The molecule has 0 saturated heterocycles. The number of nitrogens with one attached hydrogen (secondary N) is 1. The lowest BCUT2D eigenvalue weighted by molar-refractivity contribution is 0.566. The van der Waals surface area contributed by atoms with Crippen molar-refractivity contribution < 1.29 is 0 Å². The van der Waals surface area contributed by atoms with Gasteiger partial charge in [0, 0.05) is 25.0 Å². The third-order valence-electron chi connectivity index (χ3n) is 3.06. The van der Waals surface area contributed by atoms with Gasteiger partial charge in [-0.3, -0.25) is 4.79 Å². The molecule has 0 radical (unpaired) electrons. The van der Waals surface area contributed by atoms with Gasteiger partial charge in [-0.1, -0.05) is 13.8 Å². The van der Waals surface area contributed by atoms with Crippen molar-refractivity contribution in [1.29, 1.82) is 0 Å². The van der Waals surface area contributed by atoms with Gasteiger partial charge in [-0.25, -0.2) is 4.98 Å². The number of anilines is 1. The fourth-order valence-corrected chi connectivity index (χ4v) is 1.90. The van der Waals surface area contributed by atoms with Gasteiger partial charge in [-0.2, -0.15) is 0 Å². The zero-order chi connectivity index (χ0) is 12.3. The average molecular weight is 235 g/mol. The molecule has 4 nitrogen and oxygen atoms in total. The molecule has 1 aromatic heterocycles. The highest BCUT2D eigenvalue weighted by molar-refractivity contribution is 5.30. The Labute approximate surface area is 102 Å². The Morgan fingerprint density at radius 3 is 2.94 bits per heavy atom. The second-order valence-electron chi connectivity index (χ2n) is 5.18. The molecule has 1 aliphatic carbocycles. The summed E-state index contributed by atoms with van der Waals surface area (Å²) in [5.41, 5.74) is 0.0274. The van der Waals surface area contributed by atoms with E-state index in [9.17, 15) is 4.79 Å². The van der Waals surface area contributed by atoms with Crippen LogP contribution in [0.1, 0.15) is 45.6 Å². The van der Waals surface area contributed by atoms with E-state index in [4.69, 9.17) is 0 Å². The molecular formula is C13H21N3O. The van der Waals surface area contributed by atoms with Crippen LogP contribution in [0.4, 0.5) is 5.82 Å². The lowest BCUT2D eigenvalue weighted by Crippen LogP contribution is -2.24. The maximum atomic E-state index is 12.0. The summed E-state index contributed by atoms with van der Waals surface area (Å²) < 4.78 is 1.80. The predicted octanol–water partition coefficient (Wildman–Crippen LogP) is 2.43. The second-order valence-corrected chi connectivity index (χ2v) is 5.18. The van der Waals surface area contributed by atoms with Gasteiger partial charge in [0.1, 0.15) is 0 Å². The second kappa shape index (κ2) is 5.34. The van der Waals surface area contributed by atoms with Gasteiger partial charge in [0.25, 0.3) is 5.56 Å². The van der Waals surface area contributed by atoms with Gasteiger partial charge in [0.15, 0.2) is 5.82 Å². The van der Waals surface area contributed by atoms with Crippen molar-refractivity contribution in [3.63, 3.8) is 0 Å². The highest BCUT2D eigenvalue weighted by atomic mass is 16.1. The topological polar surface area (TPSA) is 46.9 Å². The van der Waals surface area contributed by atoms with Crippen molar-refractivity contribution in [2.24, 2.45) is 5.92 Å². The Balaban J connectivity index is 1.92. The summed E-state index contributed by atoms with van der Waals surface area (Å²) >= 11 is 0. The third-order valence-corrected chi connectivity index (χ3v) is 3.06. The minimum atomic E-state index is 0.0274. The molecule has 0 spiro atoms. The lowest BCUT2D eigenvalue weighted by Gasteiger charge is -2.08. The van der Waals surface area contributed by atoms with Gasteiger partial charge in [-0.15, -0.1) is 0 Å². The monoisotopic (exact) mass is 235 g/mol. The predicted molar refractivity (Wildman–Crippen MR) is 69.3 cm³/mol. The summed E-state index contributed by atoms with van der Waals surface area (Å²) in [6, 6.07) is 0.418. The fourth-order valence-electron chi connectivity index (χ4n) is 1.90. The van der Waals surface area contributed by atoms with Gasteiger partial charge in [-0.05, 0) is 31.6 Å². The number of hydrogen-bond acceptors (Lipinski definition) is 3. The first-order valence-corrected chi connectivity index (χ1v) is 6.49. The Morgan fingerprint density at radius 1 is 1.53 bits per heavy atom. The zero-order valence-electron chi connectivity index (χ0n) is 10.6. The summed E-state index contributed by atoms with van der Waals surface area (Å²) in [5.74, 6) is 1.21. The van der Waals surface area contributed by atoms with Crippen LogP contribution < -0.4 is 10.9 Å². The average Bonchev–Trinajstić information content (AvgIpc) is 3.10. The van der Waals surface area contributed by atoms with E-state index in [1.54, 1.807) is 17.0 Å². The van der Waals surface area contributed by atoms with Gasteiger partial charge < -0.3 is 9.88 Å². The van der Waals surface area contributed by atoms with E-state index in [1.807, 2.05) is 0 Å². The SMILES string of the molecule is CC(C)CCCNc1nccn(C2CC2)c1=O. The molecule has 94 valence electrons. The largest absolute Gasteiger partial charge is 0.365 e. The molecule has 1 aromatic rings. The molecule has 0 atom stereocenters.